The van der Waals surface area contributed by atoms with Crippen molar-refractivity contribution in [3.8, 4) is 0 Å². The first-order valence-corrected chi connectivity index (χ1v) is 23.2. The number of rotatable bonds is 39. The van der Waals surface area contributed by atoms with E-state index in [1.54, 1.807) is 0 Å². The molecule has 0 saturated carbocycles. The summed E-state index contributed by atoms with van der Waals surface area (Å²) in [6.07, 6.45) is 40.2. The Labute approximate surface area is 331 Å². The predicted octanol–water partition coefficient (Wildman–Crippen LogP) is 11.5. The van der Waals surface area contributed by atoms with Crippen LogP contribution in [0.25, 0.3) is 0 Å². The highest BCUT2D eigenvalue weighted by Gasteiger charge is 2.21. The normalized spacial score (nSPS) is 14.0. The van der Waals surface area contributed by atoms with Crippen LogP contribution in [0.4, 0.5) is 0 Å². The van der Waals surface area contributed by atoms with Gasteiger partial charge in [-0.25, -0.2) is 0 Å². The Balaban J connectivity index is 4.34. The lowest BCUT2D eigenvalue weighted by Gasteiger charge is -2.28. The summed E-state index contributed by atoms with van der Waals surface area (Å²) in [5.41, 5.74) is 0. The van der Waals surface area contributed by atoms with E-state index in [-0.39, 0.29) is 26.1 Å². The first kappa shape index (κ1) is 52.2. The zero-order chi connectivity index (χ0) is 40.0. The molecule has 0 fully saturated rings. The molecule has 0 aliphatic rings. The summed E-state index contributed by atoms with van der Waals surface area (Å²) in [6, 6.07) is 0. The fourth-order valence-electron chi connectivity index (χ4n) is 5.66. The van der Waals surface area contributed by atoms with Crippen LogP contribution in [0.5, 0.6) is 0 Å². The third kappa shape index (κ3) is 39.9. The summed E-state index contributed by atoms with van der Waals surface area (Å²) < 4.78 is 33.8. The highest BCUT2D eigenvalue weighted by atomic mass is 31.2. The standard InChI is InChI=1S/C44H82NO8P/c1-6-8-10-12-14-16-18-19-20-21-22-23-24-25-27-29-31-33-35-37-44(47)53-42(41-52-54(48,49)51-39-38-45(3,4)5)40-50-43(46)36-34-32-30-28-26-17-15-13-11-9-7-2/h13-16,19-20,42H,6-12,17-18,21-41H2,1-5H3/b15-13+,16-14+,20-19+/t42-/m1/s1. The zero-order valence-corrected chi connectivity index (χ0v) is 36.3. The number of phosphoric ester groups is 1. The van der Waals surface area contributed by atoms with Crippen molar-refractivity contribution >= 4 is 19.8 Å². The van der Waals surface area contributed by atoms with Crippen LogP contribution >= 0.6 is 7.82 Å². The lowest BCUT2D eigenvalue weighted by atomic mass is 10.1. The third-order valence-corrected chi connectivity index (χ3v) is 10.1. The summed E-state index contributed by atoms with van der Waals surface area (Å²) in [6.45, 7) is 4.14. The van der Waals surface area contributed by atoms with Crippen molar-refractivity contribution in [2.24, 2.45) is 0 Å². The molecule has 0 aromatic heterocycles. The largest absolute Gasteiger partial charge is 0.756 e. The maximum Gasteiger partial charge on any atom is 0.306 e. The number of carbonyl (C=O) groups excluding carboxylic acids is 2. The molecule has 0 aliphatic heterocycles. The molecule has 0 bridgehead atoms. The molecule has 0 spiro atoms. The number of quaternary nitrogens is 1. The summed E-state index contributed by atoms with van der Waals surface area (Å²) in [4.78, 5) is 37.4. The third-order valence-electron chi connectivity index (χ3n) is 9.13. The van der Waals surface area contributed by atoms with Gasteiger partial charge in [-0.05, 0) is 64.2 Å². The Hall–Kier alpha value is -1.77. The SMILES string of the molecule is CCCC/C=C/CCCCCCCC(=O)OC[C@H](COP(=O)([O-])OCC[N+](C)(C)C)OC(=O)CCCCCCCCCCC/C=C/C/C=C/CCCCC. The van der Waals surface area contributed by atoms with Gasteiger partial charge >= 0.3 is 11.9 Å². The monoisotopic (exact) mass is 784 g/mol. The average molecular weight is 784 g/mol. The van der Waals surface area contributed by atoms with Crippen LogP contribution in [0.1, 0.15) is 181 Å². The van der Waals surface area contributed by atoms with Crippen molar-refractivity contribution < 1.29 is 42.1 Å². The molecule has 54 heavy (non-hydrogen) atoms. The second kappa shape index (κ2) is 36.8. The Morgan fingerprint density at radius 3 is 1.54 bits per heavy atom. The highest BCUT2D eigenvalue weighted by Crippen LogP contribution is 2.38. The van der Waals surface area contributed by atoms with E-state index in [2.05, 4.69) is 50.3 Å². The summed E-state index contributed by atoms with van der Waals surface area (Å²) in [7, 11) is 1.16. The molecule has 0 radical (unpaired) electrons. The number of hydrogen-bond acceptors (Lipinski definition) is 8. The molecule has 1 unspecified atom stereocenters. The minimum atomic E-state index is -4.62. The van der Waals surface area contributed by atoms with Gasteiger partial charge in [0.25, 0.3) is 7.82 Å². The summed E-state index contributed by atoms with van der Waals surface area (Å²) in [5, 5.41) is 0. The summed E-state index contributed by atoms with van der Waals surface area (Å²) >= 11 is 0. The molecular weight excluding hydrogens is 701 g/mol. The number of unbranched alkanes of at least 4 members (excludes halogenated alkanes) is 19. The van der Waals surface area contributed by atoms with Crippen LogP contribution in [0, 0.1) is 0 Å². The van der Waals surface area contributed by atoms with E-state index in [0.717, 1.165) is 77.0 Å². The van der Waals surface area contributed by atoms with Gasteiger partial charge in [-0.1, -0.05) is 140 Å². The number of allylic oxidation sites excluding steroid dienone is 6. The molecule has 0 aromatic rings. The molecule has 0 amide bonds. The molecule has 0 saturated heterocycles. The van der Waals surface area contributed by atoms with Crippen LogP contribution in [0.15, 0.2) is 36.5 Å². The fraction of sp³-hybridized carbons (Fsp3) is 0.818. The van der Waals surface area contributed by atoms with Gasteiger partial charge in [0.1, 0.15) is 19.8 Å². The average Bonchev–Trinajstić information content (AvgIpc) is 3.12. The molecule has 0 heterocycles. The van der Waals surface area contributed by atoms with Crippen molar-refractivity contribution in [2.45, 2.75) is 187 Å². The smallest absolute Gasteiger partial charge is 0.306 e. The lowest BCUT2D eigenvalue weighted by Crippen LogP contribution is -2.37. The van der Waals surface area contributed by atoms with E-state index >= 15 is 0 Å². The van der Waals surface area contributed by atoms with Crippen LogP contribution < -0.4 is 4.89 Å². The number of phosphoric acid groups is 1. The van der Waals surface area contributed by atoms with Crippen molar-refractivity contribution in [2.75, 3.05) is 47.5 Å². The number of ether oxygens (including phenoxy) is 2. The second-order valence-electron chi connectivity index (χ2n) is 15.7. The van der Waals surface area contributed by atoms with E-state index in [1.807, 2.05) is 21.1 Å². The van der Waals surface area contributed by atoms with Crippen molar-refractivity contribution in [3.63, 3.8) is 0 Å². The minimum Gasteiger partial charge on any atom is -0.756 e. The first-order valence-electron chi connectivity index (χ1n) is 21.7. The zero-order valence-electron chi connectivity index (χ0n) is 35.4. The number of carbonyl (C=O) groups is 2. The number of hydrogen-bond donors (Lipinski definition) is 0. The summed E-state index contributed by atoms with van der Waals surface area (Å²) in [5.74, 6) is -0.851. The van der Waals surface area contributed by atoms with Crippen LogP contribution in [-0.2, 0) is 32.7 Å². The second-order valence-corrected chi connectivity index (χ2v) is 17.1. The number of nitrogens with zero attached hydrogens (tertiary/aromatic N) is 1. The molecule has 0 aromatic carbocycles. The van der Waals surface area contributed by atoms with Gasteiger partial charge in [-0.15, -0.1) is 0 Å². The van der Waals surface area contributed by atoms with Gasteiger partial charge in [0, 0.05) is 12.8 Å². The van der Waals surface area contributed by atoms with Crippen LogP contribution in [-0.4, -0.2) is 70.0 Å². The van der Waals surface area contributed by atoms with E-state index < -0.39 is 32.5 Å². The van der Waals surface area contributed by atoms with Gasteiger partial charge in [-0.3, -0.25) is 14.2 Å². The minimum absolute atomic E-state index is 0.0332. The number of esters is 2. The topological polar surface area (TPSA) is 111 Å². The van der Waals surface area contributed by atoms with Gasteiger partial charge in [0.2, 0.25) is 0 Å². The van der Waals surface area contributed by atoms with E-state index in [0.29, 0.717) is 17.4 Å². The molecule has 0 aliphatic carbocycles. The van der Waals surface area contributed by atoms with Crippen LogP contribution in [0.2, 0.25) is 0 Å². The highest BCUT2D eigenvalue weighted by molar-refractivity contribution is 7.45. The number of likely N-dealkylation sites (N-methyl/N-ethyl adjacent to an activating group) is 1. The molecule has 0 N–H and O–H groups in total. The Morgan fingerprint density at radius 1 is 0.574 bits per heavy atom. The van der Waals surface area contributed by atoms with Crippen molar-refractivity contribution in [3.05, 3.63) is 36.5 Å². The van der Waals surface area contributed by atoms with E-state index in [1.165, 1.54) is 70.6 Å². The van der Waals surface area contributed by atoms with Gasteiger partial charge in [0.05, 0.1) is 27.7 Å². The Bertz CT molecular complexity index is 1020. The van der Waals surface area contributed by atoms with Crippen molar-refractivity contribution in [1.29, 1.82) is 0 Å². The molecule has 0 rings (SSSR count). The molecule has 10 heteroatoms. The predicted molar refractivity (Wildman–Crippen MR) is 222 cm³/mol. The maximum atomic E-state index is 12.7. The Kier molecular flexibility index (Phi) is 35.6. The lowest BCUT2D eigenvalue weighted by molar-refractivity contribution is -0.870. The van der Waals surface area contributed by atoms with Gasteiger partial charge in [-0.2, -0.15) is 0 Å². The van der Waals surface area contributed by atoms with Gasteiger partial charge < -0.3 is 27.9 Å². The molecule has 2 atom stereocenters. The van der Waals surface area contributed by atoms with E-state index in [9.17, 15) is 19.0 Å². The van der Waals surface area contributed by atoms with Crippen LogP contribution in [0.3, 0.4) is 0 Å². The van der Waals surface area contributed by atoms with Crippen molar-refractivity contribution in [1.82, 2.24) is 0 Å². The van der Waals surface area contributed by atoms with E-state index in [4.69, 9.17) is 18.5 Å². The molecule has 316 valence electrons. The maximum absolute atomic E-state index is 12.7. The molecular formula is C44H82NO8P. The Morgan fingerprint density at radius 2 is 1.02 bits per heavy atom. The van der Waals surface area contributed by atoms with Gasteiger partial charge in [0.15, 0.2) is 6.10 Å². The molecule has 9 nitrogen and oxygen atoms in total. The first-order chi connectivity index (χ1) is 26.0. The quantitative estimate of drug-likeness (QED) is 0.0199. The fourth-order valence-corrected chi connectivity index (χ4v) is 6.39.